The van der Waals surface area contributed by atoms with E-state index in [9.17, 15) is 9.59 Å². The number of piperidine rings is 1. The number of nitrogens with two attached hydrogens (primary N) is 1. The Balaban J connectivity index is 1.41. The van der Waals surface area contributed by atoms with Crippen LogP contribution < -0.4 is 10.5 Å². The van der Waals surface area contributed by atoms with Gasteiger partial charge in [-0.05, 0) is 30.7 Å². The van der Waals surface area contributed by atoms with Gasteiger partial charge < -0.3 is 15.4 Å². The molecule has 2 amide bonds. The SMILES string of the molecule is C[C@@]12C[C@@H](c3ccccc3O1)[C@H](C(N)=O)C(=O)N2CCc1csc(-c2cccnc2)n1. The molecule has 2 aliphatic heterocycles. The topological polar surface area (TPSA) is 98.4 Å². The summed E-state index contributed by atoms with van der Waals surface area (Å²) >= 11 is 1.54. The molecule has 0 radical (unpaired) electrons. The van der Waals surface area contributed by atoms with Crippen LogP contribution in [0.1, 0.15) is 30.5 Å². The van der Waals surface area contributed by atoms with Crippen LogP contribution in [0.2, 0.25) is 0 Å². The highest BCUT2D eigenvalue weighted by atomic mass is 32.1. The number of rotatable bonds is 5. The Bertz CT molecular complexity index is 1150. The number of thiazole rings is 1. The average Bonchev–Trinajstić information content (AvgIpc) is 3.22. The lowest BCUT2D eigenvalue weighted by molar-refractivity contribution is -0.175. The van der Waals surface area contributed by atoms with E-state index < -0.39 is 17.6 Å². The predicted octanol–water partition coefficient (Wildman–Crippen LogP) is 2.97. The number of pyridine rings is 1. The first-order chi connectivity index (χ1) is 15.0. The van der Waals surface area contributed by atoms with Crippen LogP contribution in [0.4, 0.5) is 0 Å². The lowest BCUT2D eigenvalue weighted by Gasteiger charge is -2.52. The summed E-state index contributed by atoms with van der Waals surface area (Å²) in [7, 11) is 0. The second-order valence-electron chi connectivity index (χ2n) is 8.13. The molecule has 5 rings (SSSR count). The highest BCUT2D eigenvalue weighted by Crippen LogP contribution is 2.50. The van der Waals surface area contributed by atoms with Gasteiger partial charge >= 0.3 is 0 Å². The van der Waals surface area contributed by atoms with Crippen LogP contribution in [-0.2, 0) is 16.0 Å². The molecule has 3 atom stereocenters. The molecule has 7 nitrogen and oxygen atoms in total. The van der Waals surface area contributed by atoms with Crippen molar-refractivity contribution in [2.45, 2.75) is 31.4 Å². The van der Waals surface area contributed by atoms with Crippen LogP contribution in [0.5, 0.6) is 5.75 Å². The Morgan fingerprint density at radius 1 is 1.32 bits per heavy atom. The van der Waals surface area contributed by atoms with Gasteiger partial charge in [-0.2, -0.15) is 0 Å². The number of nitrogens with zero attached hydrogens (tertiary/aromatic N) is 3. The van der Waals surface area contributed by atoms with Gasteiger partial charge in [-0.3, -0.25) is 14.6 Å². The molecule has 158 valence electrons. The van der Waals surface area contributed by atoms with E-state index in [1.807, 2.05) is 48.7 Å². The summed E-state index contributed by atoms with van der Waals surface area (Å²) in [6.45, 7) is 2.30. The Kier molecular flexibility index (Phi) is 4.74. The molecule has 1 fully saturated rings. The van der Waals surface area contributed by atoms with E-state index in [4.69, 9.17) is 15.5 Å². The molecule has 2 aliphatic rings. The van der Waals surface area contributed by atoms with E-state index in [0.717, 1.165) is 21.8 Å². The summed E-state index contributed by atoms with van der Waals surface area (Å²) in [6, 6.07) is 11.4. The third-order valence-corrected chi connectivity index (χ3v) is 7.05. The lowest BCUT2D eigenvalue weighted by atomic mass is 9.73. The van der Waals surface area contributed by atoms with Crippen molar-refractivity contribution in [2.24, 2.45) is 11.7 Å². The van der Waals surface area contributed by atoms with E-state index in [1.165, 1.54) is 0 Å². The fourth-order valence-electron chi connectivity index (χ4n) is 4.65. The number of carbonyl (C=O) groups excluding carboxylic acids is 2. The molecular weight excluding hydrogens is 412 g/mol. The monoisotopic (exact) mass is 434 g/mol. The summed E-state index contributed by atoms with van der Waals surface area (Å²) in [5.74, 6) is -1.32. The van der Waals surface area contributed by atoms with E-state index in [0.29, 0.717) is 25.1 Å². The Morgan fingerprint density at radius 3 is 2.94 bits per heavy atom. The Morgan fingerprint density at radius 2 is 2.16 bits per heavy atom. The summed E-state index contributed by atoms with van der Waals surface area (Å²) in [5, 5.41) is 2.88. The first kappa shape index (κ1) is 19.7. The second kappa shape index (κ2) is 7.46. The highest BCUT2D eigenvalue weighted by Gasteiger charge is 2.55. The van der Waals surface area contributed by atoms with Crippen molar-refractivity contribution in [1.29, 1.82) is 0 Å². The molecule has 0 spiro atoms. The minimum Gasteiger partial charge on any atom is -0.468 e. The van der Waals surface area contributed by atoms with E-state index in [2.05, 4.69) is 4.98 Å². The minimum absolute atomic E-state index is 0.271. The smallest absolute Gasteiger partial charge is 0.238 e. The molecule has 3 aromatic rings. The highest BCUT2D eigenvalue weighted by molar-refractivity contribution is 7.13. The number of fused-ring (bicyclic) bond motifs is 4. The molecule has 4 heterocycles. The molecule has 0 unspecified atom stereocenters. The number of benzene rings is 1. The lowest BCUT2D eigenvalue weighted by Crippen LogP contribution is -2.64. The first-order valence-corrected chi connectivity index (χ1v) is 11.1. The minimum atomic E-state index is -0.889. The molecule has 2 aromatic heterocycles. The normalized spacial score (nSPS) is 24.4. The zero-order valence-electron chi connectivity index (χ0n) is 17.0. The van der Waals surface area contributed by atoms with Gasteiger partial charge in [0.2, 0.25) is 11.8 Å². The second-order valence-corrected chi connectivity index (χ2v) is 8.99. The van der Waals surface area contributed by atoms with Gasteiger partial charge in [0.15, 0.2) is 5.72 Å². The van der Waals surface area contributed by atoms with Gasteiger partial charge in [-0.25, -0.2) is 4.98 Å². The Labute approximate surface area is 183 Å². The summed E-state index contributed by atoms with van der Waals surface area (Å²) in [6.07, 6.45) is 4.59. The van der Waals surface area contributed by atoms with Gasteiger partial charge in [0.05, 0.1) is 5.69 Å². The molecule has 1 aromatic carbocycles. The van der Waals surface area contributed by atoms with Crippen LogP contribution in [-0.4, -0.2) is 39.0 Å². The molecule has 0 saturated carbocycles. The van der Waals surface area contributed by atoms with Gasteiger partial charge in [0, 0.05) is 48.6 Å². The third-order valence-electron chi connectivity index (χ3n) is 6.11. The number of aromatic nitrogens is 2. The fraction of sp³-hybridized carbons (Fsp3) is 0.304. The van der Waals surface area contributed by atoms with E-state index >= 15 is 0 Å². The quantitative estimate of drug-likeness (QED) is 0.623. The number of para-hydroxylation sites is 1. The van der Waals surface area contributed by atoms with Crippen LogP contribution >= 0.6 is 11.3 Å². The van der Waals surface area contributed by atoms with Crippen molar-refractivity contribution in [3.8, 4) is 16.3 Å². The van der Waals surface area contributed by atoms with Crippen LogP contribution in [0.15, 0.2) is 54.2 Å². The molecule has 2 N–H and O–H groups in total. The Hall–Kier alpha value is -3.26. The van der Waals surface area contributed by atoms with Gasteiger partial charge in [-0.15, -0.1) is 11.3 Å². The van der Waals surface area contributed by atoms with Crippen molar-refractivity contribution in [1.82, 2.24) is 14.9 Å². The maximum absolute atomic E-state index is 13.4. The maximum atomic E-state index is 13.4. The number of ether oxygens (including phenoxy) is 1. The van der Waals surface area contributed by atoms with Crippen LogP contribution in [0.3, 0.4) is 0 Å². The molecular formula is C23H22N4O3S. The van der Waals surface area contributed by atoms with Crippen LogP contribution in [0, 0.1) is 5.92 Å². The van der Waals surface area contributed by atoms with Crippen molar-refractivity contribution >= 4 is 23.2 Å². The number of hydrogen-bond acceptors (Lipinski definition) is 6. The van der Waals surface area contributed by atoms with Crippen molar-refractivity contribution in [3.05, 3.63) is 65.4 Å². The van der Waals surface area contributed by atoms with Crippen LogP contribution in [0.25, 0.3) is 10.6 Å². The van der Waals surface area contributed by atoms with Gasteiger partial charge in [-0.1, -0.05) is 18.2 Å². The van der Waals surface area contributed by atoms with Gasteiger partial charge in [0.25, 0.3) is 0 Å². The summed E-state index contributed by atoms with van der Waals surface area (Å²) < 4.78 is 6.29. The number of carbonyl (C=O) groups is 2. The largest absolute Gasteiger partial charge is 0.468 e. The third kappa shape index (κ3) is 3.37. The van der Waals surface area contributed by atoms with E-state index in [1.54, 1.807) is 28.6 Å². The standard InChI is InChI=1S/C23H22N4O3S/c1-23-11-17(16-6-2-3-7-18(16)30-23)19(20(24)28)22(29)27(23)10-8-15-13-31-21(26-15)14-5-4-9-25-12-14/h2-7,9,12-13,17,19H,8,10-11H2,1H3,(H2,24,28)/t17-,19+,23-/m0/s1. The van der Waals surface area contributed by atoms with Crippen molar-refractivity contribution < 1.29 is 14.3 Å². The fourth-order valence-corrected chi connectivity index (χ4v) is 5.49. The number of likely N-dealkylation sites (tertiary alicyclic amines) is 1. The number of amides is 2. The maximum Gasteiger partial charge on any atom is 0.238 e. The zero-order valence-corrected chi connectivity index (χ0v) is 17.8. The molecule has 31 heavy (non-hydrogen) atoms. The van der Waals surface area contributed by atoms with E-state index in [-0.39, 0.29) is 11.8 Å². The zero-order chi connectivity index (χ0) is 21.6. The number of primary amides is 1. The van der Waals surface area contributed by atoms with Crippen molar-refractivity contribution in [2.75, 3.05) is 6.54 Å². The first-order valence-electron chi connectivity index (χ1n) is 10.2. The number of hydrogen-bond donors (Lipinski definition) is 1. The average molecular weight is 435 g/mol. The summed E-state index contributed by atoms with van der Waals surface area (Å²) in [4.78, 5) is 36.1. The molecule has 0 aliphatic carbocycles. The molecule has 8 heteroatoms. The van der Waals surface area contributed by atoms with Gasteiger partial charge in [0.1, 0.15) is 16.7 Å². The predicted molar refractivity (Wildman–Crippen MR) is 116 cm³/mol. The molecule has 2 bridgehead atoms. The van der Waals surface area contributed by atoms with Crippen molar-refractivity contribution in [3.63, 3.8) is 0 Å². The summed E-state index contributed by atoms with van der Waals surface area (Å²) in [5.41, 5.74) is 7.58. The molecule has 1 saturated heterocycles.